The van der Waals surface area contributed by atoms with Crippen molar-refractivity contribution < 1.29 is 19.1 Å². The van der Waals surface area contributed by atoms with Crippen LogP contribution in [0.5, 0.6) is 0 Å². The van der Waals surface area contributed by atoms with Crippen molar-refractivity contribution in [2.24, 2.45) is 0 Å². The molecule has 138 valence electrons. The molecule has 5 nitrogen and oxygen atoms in total. The maximum Gasteiger partial charge on any atom is 0.379 e. The third kappa shape index (κ3) is 4.24. The van der Waals surface area contributed by atoms with Gasteiger partial charge in [-0.15, -0.1) is 0 Å². The number of esters is 1. The molecular weight excluding hydrogens is 398 g/mol. The number of morpholine rings is 1. The molecule has 2 aliphatic rings. The highest BCUT2D eigenvalue weighted by molar-refractivity contribution is 9.10. The second-order valence-electron chi connectivity index (χ2n) is 6.20. The van der Waals surface area contributed by atoms with Crippen LogP contribution in [-0.4, -0.2) is 49.6 Å². The number of hydrogen-bond donors (Lipinski definition) is 0. The lowest BCUT2D eigenvalue weighted by atomic mass is 10.1. The fourth-order valence-electron chi connectivity index (χ4n) is 3.31. The molecule has 0 spiro atoms. The summed E-state index contributed by atoms with van der Waals surface area (Å²) in [6, 6.07) is 8.03. The van der Waals surface area contributed by atoms with Gasteiger partial charge in [0.2, 0.25) is 0 Å². The van der Waals surface area contributed by atoms with Gasteiger partial charge in [-0.05, 0) is 49.1 Å². The summed E-state index contributed by atoms with van der Waals surface area (Å²) in [6.45, 7) is 4.58. The third-order valence-corrected chi connectivity index (χ3v) is 5.04. The molecule has 1 saturated heterocycles. The Labute approximate surface area is 161 Å². The molecule has 0 unspecified atom stereocenters. The van der Waals surface area contributed by atoms with Gasteiger partial charge < -0.3 is 14.4 Å². The van der Waals surface area contributed by atoms with E-state index in [1.54, 1.807) is 6.92 Å². The van der Waals surface area contributed by atoms with Crippen molar-refractivity contribution in [3.05, 3.63) is 51.1 Å². The zero-order chi connectivity index (χ0) is 18.5. The molecule has 1 aliphatic heterocycles. The van der Waals surface area contributed by atoms with Crippen molar-refractivity contribution in [1.82, 2.24) is 4.90 Å². The molecule has 0 amide bonds. The average Bonchev–Trinajstić information content (AvgIpc) is 3.07. The van der Waals surface area contributed by atoms with Crippen LogP contribution in [-0.2, 0) is 19.1 Å². The van der Waals surface area contributed by atoms with Gasteiger partial charge in [0.25, 0.3) is 5.78 Å². The summed E-state index contributed by atoms with van der Waals surface area (Å²) in [7, 11) is 0. The number of carbonyl (C=O) groups excluding carboxylic acids is 2. The van der Waals surface area contributed by atoms with Crippen LogP contribution in [0, 0.1) is 0 Å². The van der Waals surface area contributed by atoms with Crippen LogP contribution < -0.4 is 0 Å². The maximum atomic E-state index is 12.6. The second-order valence-corrected chi connectivity index (χ2v) is 7.11. The molecule has 3 rings (SSSR count). The minimum Gasteiger partial charge on any atom is -0.460 e. The SMILES string of the molecule is CCOC(=O)C(=O)C1=C(N2CCOCC2)/C(=C\c2ccc(Br)cc2)CC1. The first-order valence-electron chi connectivity index (χ1n) is 8.84. The van der Waals surface area contributed by atoms with Gasteiger partial charge in [0.15, 0.2) is 0 Å². The summed E-state index contributed by atoms with van der Waals surface area (Å²) in [5, 5.41) is 0. The Bertz CT molecular complexity index is 746. The van der Waals surface area contributed by atoms with E-state index in [-0.39, 0.29) is 6.61 Å². The number of Topliss-reactive ketones (excluding diaryl/α,β-unsaturated/α-hetero) is 1. The third-order valence-electron chi connectivity index (χ3n) is 4.51. The summed E-state index contributed by atoms with van der Waals surface area (Å²) < 4.78 is 11.4. The number of rotatable bonds is 5. The number of allylic oxidation sites excluding steroid dienone is 1. The van der Waals surface area contributed by atoms with E-state index in [1.807, 2.05) is 24.3 Å². The summed E-state index contributed by atoms with van der Waals surface area (Å²) in [6.07, 6.45) is 3.40. The van der Waals surface area contributed by atoms with E-state index >= 15 is 0 Å². The number of carbonyl (C=O) groups is 2. The standard InChI is InChI=1S/C20H22BrNO4/c1-2-26-20(24)19(23)17-8-5-15(13-14-3-6-16(21)7-4-14)18(17)22-9-11-25-12-10-22/h3-4,6-7,13H,2,5,8-12H2,1H3/b15-13-. The first-order chi connectivity index (χ1) is 12.6. The molecule has 0 N–H and O–H groups in total. The predicted octanol–water partition coefficient (Wildman–Crippen LogP) is 3.34. The van der Waals surface area contributed by atoms with Gasteiger partial charge in [0, 0.05) is 28.8 Å². The molecule has 1 aromatic rings. The first kappa shape index (κ1) is 18.9. The lowest BCUT2D eigenvalue weighted by Crippen LogP contribution is -2.37. The van der Waals surface area contributed by atoms with Crippen molar-refractivity contribution >= 4 is 33.8 Å². The van der Waals surface area contributed by atoms with Crippen molar-refractivity contribution in [2.75, 3.05) is 32.9 Å². The molecule has 0 atom stereocenters. The number of ketones is 1. The van der Waals surface area contributed by atoms with Gasteiger partial charge >= 0.3 is 5.97 Å². The van der Waals surface area contributed by atoms with Crippen LogP contribution in [0.1, 0.15) is 25.3 Å². The highest BCUT2D eigenvalue weighted by Gasteiger charge is 2.33. The van der Waals surface area contributed by atoms with E-state index in [0.29, 0.717) is 38.3 Å². The smallest absolute Gasteiger partial charge is 0.379 e. The van der Waals surface area contributed by atoms with Crippen LogP contribution in [0.2, 0.25) is 0 Å². The fraction of sp³-hybridized carbons (Fsp3) is 0.400. The molecule has 0 aromatic heterocycles. The van der Waals surface area contributed by atoms with Crippen molar-refractivity contribution in [3.8, 4) is 0 Å². The van der Waals surface area contributed by atoms with Crippen LogP contribution in [0.15, 0.2) is 45.6 Å². The van der Waals surface area contributed by atoms with Gasteiger partial charge in [-0.1, -0.05) is 28.1 Å². The number of hydrogen-bond acceptors (Lipinski definition) is 5. The Balaban J connectivity index is 1.97. The van der Waals surface area contributed by atoms with Gasteiger partial charge in [0.1, 0.15) is 0 Å². The fourth-order valence-corrected chi connectivity index (χ4v) is 3.58. The van der Waals surface area contributed by atoms with E-state index in [9.17, 15) is 9.59 Å². The molecule has 26 heavy (non-hydrogen) atoms. The zero-order valence-corrected chi connectivity index (χ0v) is 16.4. The van der Waals surface area contributed by atoms with E-state index < -0.39 is 11.8 Å². The van der Waals surface area contributed by atoms with Crippen LogP contribution >= 0.6 is 15.9 Å². The van der Waals surface area contributed by atoms with Crippen LogP contribution in [0.25, 0.3) is 6.08 Å². The molecule has 1 aliphatic carbocycles. The summed E-state index contributed by atoms with van der Waals surface area (Å²) in [5.74, 6) is -1.29. The molecule has 6 heteroatoms. The van der Waals surface area contributed by atoms with E-state index in [4.69, 9.17) is 9.47 Å². The molecule has 0 radical (unpaired) electrons. The Kier molecular flexibility index (Phi) is 6.27. The summed E-state index contributed by atoms with van der Waals surface area (Å²) in [5.41, 5.74) is 3.60. The number of halogens is 1. The molecular formula is C20H22BrNO4. The van der Waals surface area contributed by atoms with E-state index in [1.165, 1.54) is 0 Å². The van der Waals surface area contributed by atoms with Crippen molar-refractivity contribution in [3.63, 3.8) is 0 Å². The Morgan fingerprint density at radius 1 is 1.19 bits per heavy atom. The largest absolute Gasteiger partial charge is 0.460 e. The number of benzene rings is 1. The van der Waals surface area contributed by atoms with Gasteiger partial charge in [-0.25, -0.2) is 4.79 Å². The molecule has 1 heterocycles. The minimum absolute atomic E-state index is 0.201. The summed E-state index contributed by atoms with van der Waals surface area (Å²) in [4.78, 5) is 26.8. The normalized spacial score (nSPS) is 19.2. The Morgan fingerprint density at radius 2 is 1.88 bits per heavy atom. The summed E-state index contributed by atoms with van der Waals surface area (Å²) >= 11 is 3.44. The van der Waals surface area contributed by atoms with Gasteiger partial charge in [-0.3, -0.25) is 4.79 Å². The molecule has 0 bridgehead atoms. The average molecular weight is 420 g/mol. The number of nitrogens with zero attached hydrogens (tertiary/aromatic N) is 1. The predicted molar refractivity (Wildman–Crippen MR) is 102 cm³/mol. The second kappa shape index (κ2) is 8.64. The lowest BCUT2D eigenvalue weighted by molar-refractivity contribution is -0.151. The lowest BCUT2D eigenvalue weighted by Gasteiger charge is -2.31. The minimum atomic E-state index is -0.766. The molecule has 0 saturated carbocycles. The zero-order valence-electron chi connectivity index (χ0n) is 14.8. The van der Waals surface area contributed by atoms with Gasteiger partial charge in [-0.2, -0.15) is 0 Å². The Morgan fingerprint density at radius 3 is 2.54 bits per heavy atom. The first-order valence-corrected chi connectivity index (χ1v) is 9.63. The van der Waals surface area contributed by atoms with Crippen LogP contribution in [0.4, 0.5) is 0 Å². The highest BCUT2D eigenvalue weighted by Crippen LogP contribution is 2.36. The van der Waals surface area contributed by atoms with Crippen molar-refractivity contribution in [2.45, 2.75) is 19.8 Å². The Hall–Kier alpha value is -1.92. The monoisotopic (exact) mass is 419 g/mol. The van der Waals surface area contributed by atoms with Crippen molar-refractivity contribution in [1.29, 1.82) is 0 Å². The highest BCUT2D eigenvalue weighted by atomic mass is 79.9. The van der Waals surface area contributed by atoms with E-state index in [0.717, 1.165) is 27.7 Å². The molecule has 1 fully saturated rings. The maximum absolute atomic E-state index is 12.6. The quantitative estimate of drug-likeness (QED) is 0.540. The number of ether oxygens (including phenoxy) is 2. The van der Waals surface area contributed by atoms with Gasteiger partial charge in [0.05, 0.1) is 19.8 Å². The van der Waals surface area contributed by atoms with E-state index in [2.05, 4.69) is 26.9 Å². The molecule has 1 aromatic carbocycles. The van der Waals surface area contributed by atoms with Crippen LogP contribution in [0.3, 0.4) is 0 Å². The topological polar surface area (TPSA) is 55.8 Å².